The van der Waals surface area contributed by atoms with Crippen LogP contribution in [0.2, 0.25) is 5.02 Å². The number of benzene rings is 1. The number of nitrogens with one attached hydrogen (secondary N) is 1. The van der Waals surface area contributed by atoms with Gasteiger partial charge in [0.15, 0.2) is 0 Å². The highest BCUT2D eigenvalue weighted by Crippen LogP contribution is 2.33. The first-order chi connectivity index (χ1) is 9.63. The molecule has 1 aromatic carbocycles. The first-order valence-corrected chi connectivity index (χ1v) is 7.00. The molecule has 1 saturated heterocycles. The monoisotopic (exact) mass is 335 g/mol. The van der Waals surface area contributed by atoms with Gasteiger partial charge in [-0.15, -0.1) is 12.4 Å². The maximum Gasteiger partial charge on any atom is 0.269 e. The molecule has 2 rings (SSSR count). The number of nitro groups is 1. The molecule has 1 atom stereocenters. The molecule has 0 spiro atoms. The van der Waals surface area contributed by atoms with Gasteiger partial charge in [0.25, 0.3) is 5.69 Å². The molecular weight excluding hydrogens is 317 g/mol. The summed E-state index contributed by atoms with van der Waals surface area (Å²) in [6.07, 6.45) is 0.515. The lowest BCUT2D eigenvalue weighted by Crippen LogP contribution is -2.45. The van der Waals surface area contributed by atoms with Gasteiger partial charge >= 0.3 is 0 Å². The number of aliphatic hydroxyl groups is 1. The van der Waals surface area contributed by atoms with Crippen LogP contribution in [-0.4, -0.2) is 47.7 Å². The van der Waals surface area contributed by atoms with Crippen molar-refractivity contribution in [2.75, 3.05) is 32.8 Å². The van der Waals surface area contributed by atoms with E-state index in [0.717, 1.165) is 31.7 Å². The number of hydrogen-bond acceptors (Lipinski definition) is 5. The SMILES string of the molecule is Cl.O=[N+]([O-])c1ccc(Cl)c([C@@H](CCO)N2CCNCC2)c1. The number of halogens is 2. The Kier molecular flexibility index (Phi) is 7.34. The number of non-ortho nitro benzene ring substituents is 1. The first kappa shape index (κ1) is 18.1. The van der Waals surface area contributed by atoms with E-state index in [9.17, 15) is 15.2 Å². The average molecular weight is 336 g/mol. The van der Waals surface area contributed by atoms with Crippen molar-refractivity contribution in [3.05, 3.63) is 38.9 Å². The normalized spacial score (nSPS) is 17.0. The topological polar surface area (TPSA) is 78.6 Å². The predicted molar refractivity (Wildman–Crippen MR) is 84.2 cm³/mol. The van der Waals surface area contributed by atoms with Crippen LogP contribution in [0, 0.1) is 10.1 Å². The fourth-order valence-corrected chi connectivity index (χ4v) is 2.79. The second-order valence-corrected chi connectivity index (χ2v) is 5.18. The number of nitrogens with zero attached hydrogens (tertiary/aromatic N) is 2. The Morgan fingerprint density at radius 2 is 2.10 bits per heavy atom. The zero-order chi connectivity index (χ0) is 14.5. The molecule has 6 nitrogen and oxygen atoms in total. The van der Waals surface area contributed by atoms with Gasteiger partial charge < -0.3 is 10.4 Å². The van der Waals surface area contributed by atoms with Crippen LogP contribution in [0.25, 0.3) is 0 Å². The van der Waals surface area contributed by atoms with Gasteiger partial charge in [-0.3, -0.25) is 15.0 Å². The van der Waals surface area contributed by atoms with E-state index in [1.807, 2.05) is 0 Å². The number of nitro benzene ring substituents is 1. The molecule has 0 bridgehead atoms. The minimum atomic E-state index is -0.423. The smallest absolute Gasteiger partial charge is 0.269 e. The molecule has 8 heteroatoms. The van der Waals surface area contributed by atoms with E-state index in [4.69, 9.17) is 11.6 Å². The van der Waals surface area contributed by atoms with Gasteiger partial charge in [0.2, 0.25) is 0 Å². The molecule has 1 aliphatic heterocycles. The van der Waals surface area contributed by atoms with Crippen LogP contribution < -0.4 is 5.32 Å². The second kappa shape index (κ2) is 8.51. The van der Waals surface area contributed by atoms with Gasteiger partial charge in [0, 0.05) is 56.0 Å². The molecule has 1 fully saturated rings. The van der Waals surface area contributed by atoms with Crippen molar-refractivity contribution in [2.45, 2.75) is 12.5 Å². The third-order valence-corrected chi connectivity index (χ3v) is 3.89. The molecule has 0 unspecified atom stereocenters. The van der Waals surface area contributed by atoms with Crippen molar-refractivity contribution in [2.24, 2.45) is 0 Å². The molecule has 0 saturated carbocycles. The van der Waals surface area contributed by atoms with Crippen LogP contribution in [0.5, 0.6) is 0 Å². The van der Waals surface area contributed by atoms with Crippen molar-refractivity contribution in [1.82, 2.24) is 10.2 Å². The lowest BCUT2D eigenvalue weighted by atomic mass is 10.0. The summed E-state index contributed by atoms with van der Waals surface area (Å²) >= 11 is 6.20. The maximum atomic E-state index is 10.9. The Bertz CT molecular complexity index is 482. The van der Waals surface area contributed by atoms with Gasteiger partial charge in [-0.05, 0) is 18.1 Å². The summed E-state index contributed by atoms with van der Waals surface area (Å²) in [5, 5.41) is 24.0. The van der Waals surface area contributed by atoms with Crippen molar-refractivity contribution in [1.29, 1.82) is 0 Å². The zero-order valence-electron chi connectivity index (χ0n) is 11.5. The zero-order valence-corrected chi connectivity index (χ0v) is 13.1. The van der Waals surface area contributed by atoms with E-state index < -0.39 is 4.92 Å². The van der Waals surface area contributed by atoms with Gasteiger partial charge in [0.05, 0.1) is 4.92 Å². The van der Waals surface area contributed by atoms with E-state index in [-0.39, 0.29) is 30.7 Å². The van der Waals surface area contributed by atoms with E-state index in [2.05, 4.69) is 10.2 Å². The van der Waals surface area contributed by atoms with Crippen LogP contribution in [0.3, 0.4) is 0 Å². The molecule has 2 N–H and O–H groups in total. The molecule has 0 aliphatic carbocycles. The second-order valence-electron chi connectivity index (χ2n) is 4.78. The Morgan fingerprint density at radius 3 is 2.67 bits per heavy atom. The molecule has 118 valence electrons. The van der Waals surface area contributed by atoms with Gasteiger partial charge in [-0.1, -0.05) is 11.6 Å². The van der Waals surface area contributed by atoms with Gasteiger partial charge in [0.1, 0.15) is 0 Å². The minimum Gasteiger partial charge on any atom is -0.396 e. The molecule has 1 aliphatic rings. The highest BCUT2D eigenvalue weighted by atomic mass is 35.5. The van der Waals surface area contributed by atoms with E-state index in [0.29, 0.717) is 11.4 Å². The lowest BCUT2D eigenvalue weighted by Gasteiger charge is -2.35. The van der Waals surface area contributed by atoms with Crippen LogP contribution in [0.1, 0.15) is 18.0 Å². The molecule has 0 radical (unpaired) electrons. The van der Waals surface area contributed by atoms with Crippen molar-refractivity contribution >= 4 is 29.7 Å². The Balaban J connectivity index is 0.00000220. The van der Waals surface area contributed by atoms with E-state index >= 15 is 0 Å². The summed E-state index contributed by atoms with van der Waals surface area (Å²) in [4.78, 5) is 12.7. The molecule has 0 aromatic heterocycles. The number of piperazine rings is 1. The number of aliphatic hydroxyl groups excluding tert-OH is 1. The lowest BCUT2D eigenvalue weighted by molar-refractivity contribution is -0.385. The Morgan fingerprint density at radius 1 is 1.43 bits per heavy atom. The number of rotatable bonds is 5. The summed E-state index contributed by atoms with van der Waals surface area (Å²) in [5.74, 6) is 0. The molecular formula is C13H19Cl2N3O3. The van der Waals surface area contributed by atoms with E-state index in [1.54, 1.807) is 6.07 Å². The number of hydrogen-bond donors (Lipinski definition) is 2. The standard InChI is InChI=1S/C13H18ClN3O3.ClH/c14-12-2-1-10(17(19)20)9-11(12)13(3-8-18)16-6-4-15-5-7-16;/h1-2,9,13,15,18H,3-8H2;1H/t13-;/m1./s1. The summed E-state index contributed by atoms with van der Waals surface area (Å²) in [5.41, 5.74) is 0.749. The molecule has 21 heavy (non-hydrogen) atoms. The predicted octanol–water partition coefficient (Wildman–Crippen LogP) is 2.00. The Hall–Kier alpha value is -0.920. The van der Waals surface area contributed by atoms with Crippen molar-refractivity contribution in [3.8, 4) is 0 Å². The summed E-state index contributed by atoms with van der Waals surface area (Å²) < 4.78 is 0. The highest BCUT2D eigenvalue weighted by Gasteiger charge is 2.25. The first-order valence-electron chi connectivity index (χ1n) is 6.63. The molecule has 1 aromatic rings. The summed E-state index contributed by atoms with van der Waals surface area (Å²) in [7, 11) is 0. The van der Waals surface area contributed by atoms with Crippen molar-refractivity contribution in [3.63, 3.8) is 0 Å². The van der Waals surface area contributed by atoms with Crippen LogP contribution in [-0.2, 0) is 0 Å². The third-order valence-electron chi connectivity index (χ3n) is 3.54. The average Bonchev–Trinajstić information content (AvgIpc) is 2.46. The Labute approximate surface area is 134 Å². The fourth-order valence-electron chi connectivity index (χ4n) is 2.55. The molecule has 1 heterocycles. The largest absolute Gasteiger partial charge is 0.396 e. The van der Waals surface area contributed by atoms with Gasteiger partial charge in [-0.25, -0.2) is 0 Å². The summed E-state index contributed by atoms with van der Waals surface area (Å²) in [6.45, 7) is 3.43. The summed E-state index contributed by atoms with van der Waals surface area (Å²) in [6, 6.07) is 4.39. The van der Waals surface area contributed by atoms with E-state index in [1.165, 1.54) is 12.1 Å². The fraction of sp³-hybridized carbons (Fsp3) is 0.538. The third kappa shape index (κ3) is 4.52. The van der Waals surface area contributed by atoms with Crippen LogP contribution in [0.15, 0.2) is 18.2 Å². The van der Waals surface area contributed by atoms with Crippen molar-refractivity contribution < 1.29 is 10.0 Å². The van der Waals surface area contributed by atoms with Crippen LogP contribution in [0.4, 0.5) is 5.69 Å². The minimum absolute atomic E-state index is 0. The maximum absolute atomic E-state index is 10.9. The quantitative estimate of drug-likeness (QED) is 0.635. The van der Waals surface area contributed by atoms with Crippen LogP contribution >= 0.6 is 24.0 Å². The van der Waals surface area contributed by atoms with Gasteiger partial charge in [-0.2, -0.15) is 0 Å². The highest BCUT2D eigenvalue weighted by molar-refractivity contribution is 6.31. The molecule has 0 amide bonds.